The second-order valence-corrected chi connectivity index (χ2v) is 6.14. The molecule has 3 aliphatic heterocycles. The number of benzene rings is 1. The number of nitrogens with zero attached hydrogens (tertiary/aromatic N) is 2. The first kappa shape index (κ1) is 13.7. The van der Waals surface area contributed by atoms with Crippen LogP contribution in [0.5, 0.6) is 0 Å². The van der Waals surface area contributed by atoms with Gasteiger partial charge in [0.1, 0.15) is 6.54 Å². The van der Waals surface area contributed by atoms with Gasteiger partial charge in [0.15, 0.2) is 0 Å². The Morgan fingerprint density at radius 1 is 1.40 bits per heavy atom. The summed E-state index contributed by atoms with van der Waals surface area (Å²) in [5.41, 5.74) is 0.915. The molecule has 1 unspecified atom stereocenters. The summed E-state index contributed by atoms with van der Waals surface area (Å²) in [5, 5.41) is 9.88. The summed E-state index contributed by atoms with van der Waals surface area (Å²) in [6, 6.07) is 7.80. The van der Waals surface area contributed by atoms with Gasteiger partial charge >= 0.3 is 5.97 Å². The Morgan fingerprint density at radius 2 is 2.15 bits per heavy atom. The molecular formula is C15H19ClN2O2. The van der Waals surface area contributed by atoms with Crippen LogP contribution in [0.1, 0.15) is 12.8 Å². The molecular weight excluding hydrogens is 276 g/mol. The number of carboxylic acids is 1. The van der Waals surface area contributed by atoms with Gasteiger partial charge in [-0.05, 0) is 50.0 Å². The molecule has 3 saturated heterocycles. The van der Waals surface area contributed by atoms with Crippen molar-refractivity contribution < 1.29 is 9.90 Å². The minimum Gasteiger partial charge on any atom is -0.480 e. The second kappa shape index (κ2) is 5.62. The van der Waals surface area contributed by atoms with Crippen LogP contribution < -0.4 is 4.90 Å². The van der Waals surface area contributed by atoms with Crippen molar-refractivity contribution in [1.82, 2.24) is 4.90 Å². The first-order chi connectivity index (χ1) is 9.63. The van der Waals surface area contributed by atoms with Crippen LogP contribution in [0, 0.1) is 5.92 Å². The first-order valence-corrected chi connectivity index (χ1v) is 7.47. The molecule has 0 amide bonds. The molecule has 20 heavy (non-hydrogen) atoms. The normalized spacial score (nSPS) is 28.4. The highest BCUT2D eigenvalue weighted by molar-refractivity contribution is 6.30. The molecule has 3 aliphatic rings. The summed E-state index contributed by atoms with van der Waals surface area (Å²) in [5.74, 6) is -0.195. The third-order valence-electron chi connectivity index (χ3n) is 4.47. The Labute approximate surface area is 123 Å². The van der Waals surface area contributed by atoms with Crippen molar-refractivity contribution >= 4 is 23.3 Å². The minimum absolute atomic E-state index is 0.0371. The van der Waals surface area contributed by atoms with Gasteiger partial charge in [-0.1, -0.05) is 17.7 Å². The fourth-order valence-corrected chi connectivity index (χ4v) is 3.67. The molecule has 0 saturated carbocycles. The van der Waals surface area contributed by atoms with Crippen LogP contribution in [0.4, 0.5) is 5.69 Å². The van der Waals surface area contributed by atoms with Crippen LogP contribution in [0.2, 0.25) is 5.02 Å². The number of fused-ring (bicyclic) bond motifs is 3. The monoisotopic (exact) mass is 294 g/mol. The van der Waals surface area contributed by atoms with Crippen molar-refractivity contribution in [2.45, 2.75) is 18.9 Å². The number of carboxylic acid groups (broad SMARTS) is 1. The molecule has 1 aromatic carbocycles. The van der Waals surface area contributed by atoms with Gasteiger partial charge in [-0.15, -0.1) is 0 Å². The van der Waals surface area contributed by atoms with Gasteiger partial charge in [0.05, 0.1) is 0 Å². The Hall–Kier alpha value is -1.26. The fourth-order valence-electron chi connectivity index (χ4n) is 3.49. The van der Waals surface area contributed by atoms with Crippen LogP contribution >= 0.6 is 11.6 Å². The van der Waals surface area contributed by atoms with Gasteiger partial charge < -0.3 is 14.9 Å². The third kappa shape index (κ3) is 2.76. The molecule has 108 valence electrons. The maximum atomic E-state index is 11.2. The Balaban J connectivity index is 1.88. The Bertz CT molecular complexity index is 500. The molecule has 1 N–H and O–H groups in total. The molecule has 2 bridgehead atoms. The summed E-state index contributed by atoms with van der Waals surface area (Å²) < 4.78 is 0. The average molecular weight is 295 g/mol. The van der Waals surface area contributed by atoms with E-state index < -0.39 is 5.97 Å². The predicted octanol–water partition coefficient (Wildman–Crippen LogP) is 2.33. The van der Waals surface area contributed by atoms with Crippen molar-refractivity contribution in [3.63, 3.8) is 0 Å². The van der Waals surface area contributed by atoms with E-state index in [4.69, 9.17) is 11.6 Å². The van der Waals surface area contributed by atoms with Gasteiger partial charge in [0, 0.05) is 23.3 Å². The number of piperidine rings is 3. The van der Waals surface area contributed by atoms with Gasteiger partial charge in [0.2, 0.25) is 0 Å². The summed E-state index contributed by atoms with van der Waals surface area (Å²) in [7, 11) is 0. The van der Waals surface area contributed by atoms with Crippen molar-refractivity contribution in [2.75, 3.05) is 31.1 Å². The molecule has 1 atom stereocenters. The lowest BCUT2D eigenvalue weighted by Gasteiger charge is -2.49. The van der Waals surface area contributed by atoms with E-state index >= 15 is 0 Å². The minimum atomic E-state index is -0.790. The fraction of sp³-hybridized carbons (Fsp3) is 0.533. The summed E-state index contributed by atoms with van der Waals surface area (Å²) in [6.45, 7) is 3.30. The highest BCUT2D eigenvalue weighted by atomic mass is 35.5. The lowest BCUT2D eigenvalue weighted by atomic mass is 9.83. The quantitative estimate of drug-likeness (QED) is 0.925. The van der Waals surface area contributed by atoms with Crippen molar-refractivity contribution in [3.8, 4) is 0 Å². The van der Waals surface area contributed by atoms with Crippen LogP contribution in [0.25, 0.3) is 0 Å². The largest absolute Gasteiger partial charge is 0.480 e. The van der Waals surface area contributed by atoms with Crippen LogP contribution in [-0.4, -0.2) is 48.2 Å². The highest BCUT2D eigenvalue weighted by Crippen LogP contribution is 2.34. The van der Waals surface area contributed by atoms with E-state index in [1.807, 2.05) is 29.2 Å². The van der Waals surface area contributed by atoms with Crippen molar-refractivity contribution in [1.29, 1.82) is 0 Å². The molecule has 4 rings (SSSR count). The highest BCUT2D eigenvalue weighted by Gasteiger charge is 2.38. The number of hydrogen-bond acceptors (Lipinski definition) is 3. The number of hydrogen-bond donors (Lipinski definition) is 1. The van der Waals surface area contributed by atoms with Gasteiger partial charge in [0.25, 0.3) is 0 Å². The summed E-state index contributed by atoms with van der Waals surface area (Å²) >= 11 is 6.06. The Kier molecular flexibility index (Phi) is 3.85. The molecule has 0 radical (unpaired) electrons. The van der Waals surface area contributed by atoms with Crippen LogP contribution in [0.3, 0.4) is 0 Å². The number of carbonyl (C=O) groups is 1. The van der Waals surface area contributed by atoms with E-state index in [1.54, 1.807) is 0 Å². The van der Waals surface area contributed by atoms with Gasteiger partial charge in [-0.25, -0.2) is 0 Å². The van der Waals surface area contributed by atoms with Crippen molar-refractivity contribution in [2.24, 2.45) is 5.92 Å². The number of halogens is 1. The summed E-state index contributed by atoms with van der Waals surface area (Å²) in [4.78, 5) is 15.7. The topological polar surface area (TPSA) is 43.8 Å². The molecule has 3 heterocycles. The van der Waals surface area contributed by atoms with Crippen LogP contribution in [-0.2, 0) is 4.79 Å². The van der Waals surface area contributed by atoms with E-state index in [9.17, 15) is 9.90 Å². The first-order valence-electron chi connectivity index (χ1n) is 7.10. The average Bonchev–Trinajstić information content (AvgIpc) is 2.46. The van der Waals surface area contributed by atoms with E-state index in [-0.39, 0.29) is 12.6 Å². The number of rotatable bonds is 4. The van der Waals surface area contributed by atoms with E-state index in [2.05, 4.69) is 4.90 Å². The maximum absolute atomic E-state index is 11.2. The smallest absolute Gasteiger partial charge is 0.323 e. The summed E-state index contributed by atoms with van der Waals surface area (Å²) in [6.07, 6.45) is 2.34. The van der Waals surface area contributed by atoms with E-state index in [0.717, 1.165) is 25.3 Å². The molecule has 0 aliphatic carbocycles. The molecule has 0 aromatic heterocycles. The standard InChI is InChI=1S/C15H19ClN2O2/c16-12-2-1-3-13(8-12)18(10-15(19)20)14-9-17-6-4-11(14)5-7-17/h1-3,8,11,14H,4-7,9-10H2,(H,19,20). The Morgan fingerprint density at radius 3 is 2.70 bits per heavy atom. The molecule has 3 fully saturated rings. The second-order valence-electron chi connectivity index (χ2n) is 5.71. The zero-order valence-corrected chi connectivity index (χ0v) is 12.1. The van der Waals surface area contributed by atoms with E-state index in [0.29, 0.717) is 10.9 Å². The molecule has 1 aromatic rings. The predicted molar refractivity (Wildman–Crippen MR) is 79.4 cm³/mol. The van der Waals surface area contributed by atoms with Gasteiger partial charge in [-0.2, -0.15) is 0 Å². The molecule has 0 spiro atoms. The van der Waals surface area contributed by atoms with Crippen molar-refractivity contribution in [3.05, 3.63) is 29.3 Å². The number of aliphatic carboxylic acids is 1. The third-order valence-corrected chi connectivity index (χ3v) is 4.70. The maximum Gasteiger partial charge on any atom is 0.323 e. The zero-order chi connectivity index (χ0) is 14.1. The van der Waals surface area contributed by atoms with E-state index in [1.165, 1.54) is 12.8 Å². The molecule has 4 nitrogen and oxygen atoms in total. The zero-order valence-electron chi connectivity index (χ0n) is 11.3. The lowest BCUT2D eigenvalue weighted by molar-refractivity contribution is -0.135. The van der Waals surface area contributed by atoms with Gasteiger partial charge in [-0.3, -0.25) is 4.79 Å². The number of anilines is 1. The van der Waals surface area contributed by atoms with Crippen LogP contribution in [0.15, 0.2) is 24.3 Å². The lowest BCUT2D eigenvalue weighted by Crippen LogP contribution is -2.58. The molecule has 5 heteroatoms. The SMILES string of the molecule is O=C(O)CN(c1cccc(Cl)c1)C1CN2CCC1CC2.